The molecule has 0 bridgehead atoms. The molecule has 0 atom stereocenters. The van der Waals surface area contributed by atoms with E-state index in [9.17, 15) is 0 Å². The van der Waals surface area contributed by atoms with Crippen molar-refractivity contribution < 1.29 is 8.83 Å². The van der Waals surface area contributed by atoms with E-state index in [1.165, 1.54) is 21.5 Å². The lowest BCUT2D eigenvalue weighted by Crippen LogP contribution is -2.04. The highest BCUT2D eigenvalue weighted by atomic mass is 16.3. The number of rotatable bonds is 5. The zero-order valence-electron chi connectivity index (χ0n) is 32.6. The maximum Gasteiger partial charge on any atom is 0.166 e. The van der Waals surface area contributed by atoms with Crippen LogP contribution in [0.25, 0.3) is 127 Å². The molecule has 0 spiro atoms. The van der Waals surface area contributed by atoms with Crippen molar-refractivity contribution in [3.8, 4) is 51.0 Å². The first-order valence-corrected chi connectivity index (χ1v) is 20.4. The van der Waals surface area contributed by atoms with Gasteiger partial charge in [-0.25, -0.2) is 15.0 Å². The summed E-state index contributed by atoms with van der Waals surface area (Å²) >= 11 is 0. The summed E-state index contributed by atoms with van der Waals surface area (Å²) in [4.78, 5) is 15.9. The van der Waals surface area contributed by atoms with Crippen molar-refractivity contribution in [3.05, 3.63) is 194 Å². The predicted molar refractivity (Wildman–Crippen MR) is 248 cm³/mol. The molecule has 0 aliphatic rings. The van der Waals surface area contributed by atoms with E-state index in [0.29, 0.717) is 17.5 Å². The van der Waals surface area contributed by atoms with Crippen LogP contribution in [-0.4, -0.2) is 19.5 Å². The van der Waals surface area contributed by atoms with Gasteiger partial charge in [-0.2, -0.15) is 0 Å². The van der Waals surface area contributed by atoms with Crippen LogP contribution in [0.2, 0.25) is 0 Å². The van der Waals surface area contributed by atoms with Crippen molar-refractivity contribution in [3.63, 3.8) is 0 Å². The van der Waals surface area contributed by atoms with Crippen LogP contribution in [0.5, 0.6) is 0 Å². The SMILES string of the molecule is c1ccc(-c2ccc(-c3nc(-c4ccc5oc6ccccc6c5c4)nc(-c4cc5oc6ccccc6c5cc4-n4c5ccccc5c5cc6ccccc6cc54)n3)cc2)cc1. The number of hydrogen-bond donors (Lipinski definition) is 0. The van der Waals surface area contributed by atoms with Gasteiger partial charge in [0.2, 0.25) is 0 Å². The number of hydrogen-bond acceptors (Lipinski definition) is 5. The zero-order chi connectivity index (χ0) is 40.0. The summed E-state index contributed by atoms with van der Waals surface area (Å²) in [6.45, 7) is 0. The first kappa shape index (κ1) is 33.6. The van der Waals surface area contributed by atoms with E-state index in [1.807, 2.05) is 48.5 Å². The number of nitrogens with zero attached hydrogens (tertiary/aromatic N) is 4. The molecule has 0 aliphatic carbocycles. The zero-order valence-corrected chi connectivity index (χ0v) is 32.6. The minimum Gasteiger partial charge on any atom is -0.456 e. The van der Waals surface area contributed by atoms with Gasteiger partial charge in [0, 0.05) is 49.0 Å². The molecule has 4 aromatic heterocycles. The fourth-order valence-electron chi connectivity index (χ4n) is 9.10. The van der Waals surface area contributed by atoms with E-state index >= 15 is 0 Å². The molecule has 284 valence electrons. The normalized spacial score (nSPS) is 11.9. The topological polar surface area (TPSA) is 69.9 Å². The summed E-state index contributed by atoms with van der Waals surface area (Å²) in [5.74, 6) is 1.66. The van der Waals surface area contributed by atoms with Gasteiger partial charge in [-0.05, 0) is 82.6 Å². The Hall–Kier alpha value is -8.35. The summed E-state index contributed by atoms with van der Waals surface area (Å²) in [6.07, 6.45) is 0. The van der Waals surface area contributed by atoms with Gasteiger partial charge in [0.1, 0.15) is 22.3 Å². The Morgan fingerprint density at radius 2 is 0.852 bits per heavy atom. The summed E-state index contributed by atoms with van der Waals surface area (Å²) in [7, 11) is 0. The van der Waals surface area contributed by atoms with E-state index in [4.69, 9.17) is 23.8 Å². The second-order valence-corrected chi connectivity index (χ2v) is 15.6. The largest absolute Gasteiger partial charge is 0.456 e. The number of benzene rings is 9. The van der Waals surface area contributed by atoms with Gasteiger partial charge in [-0.15, -0.1) is 0 Å². The molecule has 9 aromatic carbocycles. The van der Waals surface area contributed by atoms with Crippen molar-refractivity contribution in [2.24, 2.45) is 0 Å². The first-order valence-electron chi connectivity index (χ1n) is 20.4. The Labute approximate surface area is 348 Å². The molecule has 13 rings (SSSR count). The Kier molecular flexibility index (Phi) is 7.21. The molecular weight excluding hydrogens is 749 g/mol. The highest BCUT2D eigenvalue weighted by Gasteiger charge is 2.23. The Morgan fingerprint density at radius 1 is 0.311 bits per heavy atom. The van der Waals surface area contributed by atoms with Gasteiger partial charge in [-0.1, -0.05) is 133 Å². The Morgan fingerprint density at radius 3 is 1.62 bits per heavy atom. The van der Waals surface area contributed by atoms with E-state index < -0.39 is 0 Å². The van der Waals surface area contributed by atoms with Gasteiger partial charge in [0.25, 0.3) is 0 Å². The Balaban J connectivity index is 1.11. The average molecular weight is 781 g/mol. The van der Waals surface area contributed by atoms with Crippen molar-refractivity contribution in [2.45, 2.75) is 0 Å². The molecule has 6 heteroatoms. The number of furan rings is 2. The van der Waals surface area contributed by atoms with Gasteiger partial charge in [0.05, 0.1) is 16.7 Å². The molecule has 0 amide bonds. The molecule has 0 saturated heterocycles. The van der Waals surface area contributed by atoms with Crippen molar-refractivity contribution >= 4 is 76.5 Å². The summed E-state index contributed by atoms with van der Waals surface area (Å²) in [5, 5.41) is 8.82. The summed E-state index contributed by atoms with van der Waals surface area (Å²) in [6, 6.07) is 67.5. The lowest BCUT2D eigenvalue weighted by atomic mass is 10.0. The Bertz CT molecular complexity index is 3880. The molecule has 0 radical (unpaired) electrons. The van der Waals surface area contributed by atoms with Gasteiger partial charge in [-0.3, -0.25) is 0 Å². The number of aromatic nitrogens is 4. The van der Waals surface area contributed by atoms with Gasteiger partial charge < -0.3 is 13.4 Å². The minimum atomic E-state index is 0.536. The van der Waals surface area contributed by atoms with Crippen LogP contribution < -0.4 is 0 Å². The highest BCUT2D eigenvalue weighted by Crippen LogP contribution is 2.42. The first-order chi connectivity index (χ1) is 30.2. The van der Waals surface area contributed by atoms with Crippen LogP contribution in [-0.2, 0) is 0 Å². The quantitative estimate of drug-likeness (QED) is 0.174. The molecule has 0 unspecified atom stereocenters. The van der Waals surface area contributed by atoms with Gasteiger partial charge >= 0.3 is 0 Å². The molecule has 0 aliphatic heterocycles. The highest BCUT2D eigenvalue weighted by molar-refractivity contribution is 6.15. The smallest absolute Gasteiger partial charge is 0.166 e. The fraction of sp³-hybridized carbons (Fsp3) is 0. The van der Waals surface area contributed by atoms with E-state index in [0.717, 1.165) is 88.4 Å². The third-order valence-corrected chi connectivity index (χ3v) is 12.0. The minimum absolute atomic E-state index is 0.536. The molecule has 0 N–H and O–H groups in total. The second-order valence-electron chi connectivity index (χ2n) is 15.6. The lowest BCUT2D eigenvalue weighted by Gasteiger charge is -2.15. The van der Waals surface area contributed by atoms with Crippen LogP contribution in [0.4, 0.5) is 0 Å². The van der Waals surface area contributed by atoms with Crippen LogP contribution >= 0.6 is 0 Å². The van der Waals surface area contributed by atoms with Crippen LogP contribution in [0.3, 0.4) is 0 Å². The third-order valence-electron chi connectivity index (χ3n) is 12.0. The third kappa shape index (κ3) is 5.32. The van der Waals surface area contributed by atoms with Gasteiger partial charge in [0.15, 0.2) is 17.5 Å². The van der Waals surface area contributed by atoms with Crippen molar-refractivity contribution in [2.75, 3.05) is 0 Å². The lowest BCUT2D eigenvalue weighted by molar-refractivity contribution is 0.668. The van der Waals surface area contributed by atoms with E-state index in [2.05, 4.69) is 150 Å². The average Bonchev–Trinajstić information content (AvgIpc) is 3.99. The second kappa shape index (κ2) is 13.1. The molecule has 13 aromatic rings. The summed E-state index contributed by atoms with van der Waals surface area (Å²) < 4.78 is 15.2. The van der Waals surface area contributed by atoms with Crippen LogP contribution in [0, 0.1) is 0 Å². The monoisotopic (exact) mass is 780 g/mol. The summed E-state index contributed by atoms with van der Waals surface area (Å²) in [5.41, 5.74) is 11.2. The maximum atomic E-state index is 6.59. The van der Waals surface area contributed by atoms with E-state index in [-0.39, 0.29) is 0 Å². The van der Waals surface area contributed by atoms with Crippen molar-refractivity contribution in [1.29, 1.82) is 0 Å². The van der Waals surface area contributed by atoms with Crippen LogP contribution in [0.1, 0.15) is 0 Å². The number of fused-ring (bicyclic) bond motifs is 10. The molecule has 61 heavy (non-hydrogen) atoms. The molecule has 0 fully saturated rings. The fourth-order valence-corrected chi connectivity index (χ4v) is 9.10. The molecule has 0 saturated carbocycles. The number of para-hydroxylation sites is 3. The molecule has 4 heterocycles. The standard InChI is InChI=1S/C55H32N4O2/c1-2-12-33(13-3-1)34-22-24-35(25-23-34)53-56-54(38-26-27-51-43(29-38)40-17-7-10-20-49(40)60-51)58-55(57-53)45-32-52-44(41-18-8-11-21-50(41)61-52)31-48(45)59-46-19-9-6-16-39(46)42-28-36-14-4-5-15-37(36)30-47(42)59/h1-32H. The van der Waals surface area contributed by atoms with Crippen molar-refractivity contribution in [1.82, 2.24) is 19.5 Å². The molecular formula is C55H32N4O2. The van der Waals surface area contributed by atoms with Crippen LogP contribution in [0.15, 0.2) is 203 Å². The maximum absolute atomic E-state index is 6.59. The molecule has 6 nitrogen and oxygen atoms in total. The van der Waals surface area contributed by atoms with E-state index in [1.54, 1.807) is 0 Å². The predicted octanol–water partition coefficient (Wildman–Crippen LogP) is 14.6.